The van der Waals surface area contributed by atoms with Crippen LogP contribution in [0.15, 0.2) is 18.6 Å². The Morgan fingerprint density at radius 3 is 3.17 bits per heavy atom. The molecule has 62 valence electrons. The van der Waals surface area contributed by atoms with Gasteiger partial charge in [-0.1, -0.05) is 15.9 Å². The highest BCUT2D eigenvalue weighted by Crippen LogP contribution is 2.18. The van der Waals surface area contributed by atoms with Gasteiger partial charge in [-0.25, -0.2) is 9.50 Å². The average Bonchev–Trinajstić information content (AvgIpc) is 2.49. The molecule has 0 spiro atoms. The first-order valence-corrected chi connectivity index (χ1v) is 4.49. The Bertz CT molecular complexity index is 395. The van der Waals surface area contributed by atoms with E-state index in [1.54, 1.807) is 4.52 Å². The van der Waals surface area contributed by atoms with E-state index in [-0.39, 0.29) is 4.83 Å². The second-order valence-corrected chi connectivity index (χ2v) is 3.85. The summed E-state index contributed by atoms with van der Waals surface area (Å²) >= 11 is 3.44. The number of hydrogen-bond acceptors (Lipinski definition) is 3. The zero-order valence-corrected chi connectivity index (χ0v) is 8.06. The molecule has 0 radical (unpaired) electrons. The van der Waals surface area contributed by atoms with Crippen LogP contribution in [0.4, 0.5) is 0 Å². The van der Waals surface area contributed by atoms with Crippen LogP contribution in [0.1, 0.15) is 17.4 Å². The van der Waals surface area contributed by atoms with E-state index in [1.165, 1.54) is 6.33 Å². The maximum absolute atomic E-state index is 4.28. The van der Waals surface area contributed by atoms with Crippen LogP contribution in [0.3, 0.4) is 0 Å². The number of halogens is 1. The highest BCUT2D eigenvalue weighted by atomic mass is 79.9. The first kappa shape index (κ1) is 7.67. The zero-order chi connectivity index (χ0) is 8.55. The van der Waals surface area contributed by atoms with E-state index in [1.807, 2.05) is 19.2 Å². The van der Waals surface area contributed by atoms with Crippen molar-refractivity contribution in [3.05, 3.63) is 24.3 Å². The highest BCUT2D eigenvalue weighted by Gasteiger charge is 2.03. The predicted molar refractivity (Wildman–Crippen MR) is 48.1 cm³/mol. The molecule has 0 amide bonds. The topological polar surface area (TPSA) is 43.1 Å². The SMILES string of the molecule is CC(Br)c1ccn2ncnc2n1. The van der Waals surface area contributed by atoms with Crippen molar-refractivity contribution in [1.82, 2.24) is 19.6 Å². The molecule has 0 N–H and O–H groups in total. The minimum Gasteiger partial charge on any atom is -0.215 e. The molecule has 0 saturated heterocycles. The van der Waals surface area contributed by atoms with E-state index in [0.29, 0.717) is 5.78 Å². The Labute approximate surface area is 77.8 Å². The van der Waals surface area contributed by atoms with Gasteiger partial charge < -0.3 is 0 Å². The van der Waals surface area contributed by atoms with Crippen molar-refractivity contribution >= 4 is 21.7 Å². The minimum absolute atomic E-state index is 0.249. The Morgan fingerprint density at radius 2 is 2.42 bits per heavy atom. The van der Waals surface area contributed by atoms with Crippen LogP contribution in [0.25, 0.3) is 5.78 Å². The second kappa shape index (κ2) is 2.82. The highest BCUT2D eigenvalue weighted by molar-refractivity contribution is 9.09. The monoisotopic (exact) mass is 226 g/mol. The molecule has 2 aromatic rings. The summed E-state index contributed by atoms with van der Waals surface area (Å²) in [5, 5.41) is 3.95. The molecule has 2 heterocycles. The maximum Gasteiger partial charge on any atom is 0.252 e. The van der Waals surface area contributed by atoms with Gasteiger partial charge in [-0.2, -0.15) is 10.1 Å². The van der Waals surface area contributed by atoms with E-state index in [2.05, 4.69) is 31.0 Å². The van der Waals surface area contributed by atoms with E-state index in [4.69, 9.17) is 0 Å². The molecule has 4 nitrogen and oxygen atoms in total. The van der Waals surface area contributed by atoms with Gasteiger partial charge in [0.1, 0.15) is 6.33 Å². The molecular formula is C7H7BrN4. The van der Waals surface area contributed by atoms with Gasteiger partial charge in [-0.05, 0) is 13.0 Å². The fourth-order valence-corrected chi connectivity index (χ4v) is 1.21. The Kier molecular flexibility index (Phi) is 1.80. The van der Waals surface area contributed by atoms with Crippen molar-refractivity contribution in [3.63, 3.8) is 0 Å². The summed E-state index contributed by atoms with van der Waals surface area (Å²) in [6.45, 7) is 2.02. The second-order valence-electron chi connectivity index (χ2n) is 2.47. The van der Waals surface area contributed by atoms with Gasteiger partial charge in [-0.15, -0.1) is 0 Å². The molecule has 0 aliphatic carbocycles. The van der Waals surface area contributed by atoms with Gasteiger partial charge in [0.05, 0.1) is 10.5 Å². The third-order valence-electron chi connectivity index (χ3n) is 1.58. The van der Waals surface area contributed by atoms with Gasteiger partial charge in [0.15, 0.2) is 0 Å². The lowest BCUT2D eigenvalue weighted by molar-refractivity contribution is 0.908. The number of aromatic nitrogens is 4. The molecule has 0 aromatic carbocycles. The van der Waals surface area contributed by atoms with Crippen molar-refractivity contribution in [1.29, 1.82) is 0 Å². The summed E-state index contributed by atoms with van der Waals surface area (Å²) in [4.78, 5) is 8.51. The summed E-state index contributed by atoms with van der Waals surface area (Å²) in [5.74, 6) is 0.638. The summed E-state index contributed by atoms with van der Waals surface area (Å²) in [6, 6.07) is 1.92. The molecule has 0 aliphatic rings. The standard InChI is InChI=1S/C7H7BrN4/c1-5(8)6-2-3-12-7(11-6)9-4-10-12/h2-5H,1H3. The average molecular weight is 227 g/mol. The molecule has 2 rings (SSSR count). The third kappa shape index (κ3) is 1.20. The summed E-state index contributed by atoms with van der Waals surface area (Å²) in [5.41, 5.74) is 0.968. The van der Waals surface area contributed by atoms with Crippen LogP contribution in [0.5, 0.6) is 0 Å². The lowest BCUT2D eigenvalue weighted by Crippen LogP contribution is -1.95. The Hall–Kier alpha value is -0.970. The molecule has 0 fully saturated rings. The van der Waals surface area contributed by atoms with Crippen LogP contribution >= 0.6 is 15.9 Å². The normalized spacial score (nSPS) is 13.5. The Balaban J connectivity index is 2.60. The van der Waals surface area contributed by atoms with Crippen LogP contribution in [-0.2, 0) is 0 Å². The fourth-order valence-electron chi connectivity index (χ4n) is 0.950. The van der Waals surface area contributed by atoms with Crippen LogP contribution in [0, 0.1) is 0 Å². The number of nitrogens with zero attached hydrogens (tertiary/aromatic N) is 4. The number of hydrogen-bond donors (Lipinski definition) is 0. The number of rotatable bonds is 1. The third-order valence-corrected chi connectivity index (χ3v) is 2.05. The van der Waals surface area contributed by atoms with E-state index in [9.17, 15) is 0 Å². The Morgan fingerprint density at radius 1 is 1.58 bits per heavy atom. The molecule has 12 heavy (non-hydrogen) atoms. The lowest BCUT2D eigenvalue weighted by atomic mass is 10.3. The van der Waals surface area contributed by atoms with Crippen molar-refractivity contribution < 1.29 is 0 Å². The fraction of sp³-hybridized carbons (Fsp3) is 0.286. The first-order valence-electron chi connectivity index (χ1n) is 3.58. The zero-order valence-electron chi connectivity index (χ0n) is 6.48. The molecule has 0 saturated carbocycles. The molecular weight excluding hydrogens is 220 g/mol. The van der Waals surface area contributed by atoms with Crippen molar-refractivity contribution in [2.24, 2.45) is 0 Å². The van der Waals surface area contributed by atoms with Crippen molar-refractivity contribution in [3.8, 4) is 0 Å². The summed E-state index contributed by atoms with van der Waals surface area (Å²) in [6.07, 6.45) is 3.34. The van der Waals surface area contributed by atoms with Crippen LogP contribution in [0.2, 0.25) is 0 Å². The van der Waals surface area contributed by atoms with Gasteiger partial charge in [0.25, 0.3) is 5.78 Å². The van der Waals surface area contributed by atoms with Crippen LogP contribution in [-0.4, -0.2) is 19.6 Å². The van der Waals surface area contributed by atoms with E-state index >= 15 is 0 Å². The number of alkyl halides is 1. The summed E-state index contributed by atoms with van der Waals surface area (Å²) < 4.78 is 1.64. The minimum atomic E-state index is 0.249. The van der Waals surface area contributed by atoms with Crippen LogP contribution < -0.4 is 0 Å². The summed E-state index contributed by atoms with van der Waals surface area (Å²) in [7, 11) is 0. The van der Waals surface area contributed by atoms with Crippen molar-refractivity contribution in [2.45, 2.75) is 11.8 Å². The molecule has 5 heteroatoms. The maximum atomic E-state index is 4.28. The quantitative estimate of drug-likeness (QED) is 0.694. The van der Waals surface area contributed by atoms with E-state index < -0.39 is 0 Å². The van der Waals surface area contributed by atoms with Gasteiger partial charge in [-0.3, -0.25) is 0 Å². The molecule has 0 bridgehead atoms. The smallest absolute Gasteiger partial charge is 0.215 e. The van der Waals surface area contributed by atoms with Crippen molar-refractivity contribution in [2.75, 3.05) is 0 Å². The predicted octanol–water partition coefficient (Wildman–Crippen LogP) is 1.58. The van der Waals surface area contributed by atoms with Gasteiger partial charge in [0, 0.05) is 6.20 Å². The molecule has 2 aromatic heterocycles. The molecule has 1 unspecified atom stereocenters. The van der Waals surface area contributed by atoms with E-state index in [0.717, 1.165) is 5.69 Å². The molecule has 1 atom stereocenters. The first-order chi connectivity index (χ1) is 5.77. The number of fused-ring (bicyclic) bond motifs is 1. The molecule has 0 aliphatic heterocycles. The van der Waals surface area contributed by atoms with Gasteiger partial charge >= 0.3 is 0 Å². The largest absolute Gasteiger partial charge is 0.252 e. The lowest BCUT2D eigenvalue weighted by Gasteiger charge is -2.00. The van der Waals surface area contributed by atoms with Gasteiger partial charge in [0.2, 0.25) is 0 Å².